The summed E-state index contributed by atoms with van der Waals surface area (Å²) < 4.78 is 0. The molecule has 0 aromatic carbocycles. The maximum atomic E-state index is 2.85. The molecule has 6 atom stereocenters. The molecule has 0 aromatic rings. The fourth-order valence-electron chi connectivity index (χ4n) is 7.91. The van der Waals surface area contributed by atoms with Gasteiger partial charge >= 0.3 is 0 Å². The highest BCUT2D eigenvalue weighted by molar-refractivity contribution is 5.41. The van der Waals surface area contributed by atoms with Crippen molar-refractivity contribution in [1.82, 2.24) is 4.90 Å². The molecule has 0 bridgehead atoms. The molecule has 1 heteroatoms. The Bertz CT molecular complexity index is 622. The third kappa shape index (κ3) is 2.93. The van der Waals surface area contributed by atoms with Crippen molar-refractivity contribution < 1.29 is 0 Å². The summed E-state index contributed by atoms with van der Waals surface area (Å²) in [5.41, 5.74) is 3.48. The number of allylic oxidation sites excluding steroid dienone is 2. The van der Waals surface area contributed by atoms with Crippen molar-refractivity contribution in [2.45, 2.75) is 102 Å². The first-order valence-electron chi connectivity index (χ1n) is 11.9. The molecule has 28 heavy (non-hydrogen) atoms. The number of hydrogen-bond donors (Lipinski definition) is 0. The molecule has 2 aliphatic rings. The molecular weight excluding hydrogens is 338 g/mol. The van der Waals surface area contributed by atoms with E-state index in [0.717, 1.165) is 11.8 Å². The van der Waals surface area contributed by atoms with E-state index in [4.69, 9.17) is 0 Å². The van der Waals surface area contributed by atoms with Crippen LogP contribution in [-0.2, 0) is 0 Å². The standard InChI is InChI=1S/C27H49N/c1-14-15-22-20(10)21(11)28(22)27(13)25(18(6)7)23(16(2)3)24(17(4)5)26(27,12)19(8)9/h14-19,21,23-25H,1-13H3/b15-14-/t21-,23?,24?,25?,26?,27?/m0/s1. The molecule has 0 radical (unpaired) electrons. The summed E-state index contributed by atoms with van der Waals surface area (Å²) in [6.45, 7) is 32.1. The molecule has 0 N–H and O–H groups in total. The minimum absolute atomic E-state index is 0.160. The van der Waals surface area contributed by atoms with Crippen molar-refractivity contribution in [3.8, 4) is 0 Å². The normalized spacial score (nSPS) is 39.4. The minimum atomic E-state index is 0.160. The van der Waals surface area contributed by atoms with Gasteiger partial charge in [-0.15, -0.1) is 0 Å². The largest absolute Gasteiger partial charge is 0.359 e. The van der Waals surface area contributed by atoms with E-state index in [-0.39, 0.29) is 11.0 Å². The van der Waals surface area contributed by atoms with Crippen molar-refractivity contribution in [2.24, 2.45) is 46.8 Å². The Hall–Kier alpha value is -0.720. The Morgan fingerprint density at radius 3 is 1.71 bits per heavy atom. The van der Waals surface area contributed by atoms with E-state index in [1.165, 1.54) is 5.70 Å². The molecule has 5 unspecified atom stereocenters. The van der Waals surface area contributed by atoms with Gasteiger partial charge in [0.2, 0.25) is 0 Å². The number of hydrogen-bond acceptors (Lipinski definition) is 1. The summed E-state index contributed by atoms with van der Waals surface area (Å²) in [6, 6.07) is 0.536. The van der Waals surface area contributed by atoms with Crippen molar-refractivity contribution in [1.29, 1.82) is 0 Å². The Labute approximate surface area is 177 Å². The van der Waals surface area contributed by atoms with E-state index in [1.807, 2.05) is 0 Å². The van der Waals surface area contributed by atoms with Gasteiger partial charge in [0, 0.05) is 17.3 Å². The van der Waals surface area contributed by atoms with Crippen LogP contribution >= 0.6 is 0 Å². The van der Waals surface area contributed by atoms with Gasteiger partial charge in [0.1, 0.15) is 0 Å². The van der Waals surface area contributed by atoms with Gasteiger partial charge < -0.3 is 4.90 Å². The molecule has 0 aromatic heterocycles. The average Bonchev–Trinajstić information content (AvgIpc) is 2.80. The van der Waals surface area contributed by atoms with Crippen LogP contribution in [0.3, 0.4) is 0 Å². The highest BCUT2D eigenvalue weighted by Gasteiger charge is 2.70. The predicted octanol–water partition coefficient (Wildman–Crippen LogP) is 7.79. The minimum Gasteiger partial charge on any atom is -0.359 e. The Morgan fingerprint density at radius 1 is 0.857 bits per heavy atom. The van der Waals surface area contributed by atoms with Crippen LogP contribution in [0.1, 0.15) is 90.0 Å². The van der Waals surface area contributed by atoms with Crippen molar-refractivity contribution in [3.05, 3.63) is 23.4 Å². The first kappa shape index (κ1) is 23.6. The molecule has 1 heterocycles. The summed E-state index contributed by atoms with van der Waals surface area (Å²) in [4.78, 5) is 2.85. The van der Waals surface area contributed by atoms with Crippen LogP contribution in [0.15, 0.2) is 23.4 Å². The molecule has 162 valence electrons. The molecule has 1 aliphatic carbocycles. The van der Waals surface area contributed by atoms with Gasteiger partial charge in [-0.1, -0.05) is 68.4 Å². The molecule has 0 saturated heterocycles. The van der Waals surface area contributed by atoms with Crippen LogP contribution in [0.5, 0.6) is 0 Å². The highest BCUT2D eigenvalue weighted by Crippen LogP contribution is 2.69. The first-order valence-corrected chi connectivity index (χ1v) is 11.9. The van der Waals surface area contributed by atoms with Crippen LogP contribution in [0, 0.1) is 46.8 Å². The van der Waals surface area contributed by atoms with Crippen LogP contribution < -0.4 is 0 Å². The lowest BCUT2D eigenvalue weighted by Crippen LogP contribution is -2.67. The fourth-order valence-corrected chi connectivity index (χ4v) is 7.91. The zero-order valence-corrected chi connectivity index (χ0v) is 21.2. The van der Waals surface area contributed by atoms with Crippen molar-refractivity contribution >= 4 is 0 Å². The molecule has 1 fully saturated rings. The summed E-state index contributed by atoms with van der Waals surface area (Å²) in [6.07, 6.45) is 4.60. The molecule has 2 rings (SSSR count). The lowest BCUT2D eigenvalue weighted by atomic mass is 9.56. The third-order valence-electron chi connectivity index (χ3n) is 9.17. The Morgan fingerprint density at radius 2 is 1.36 bits per heavy atom. The van der Waals surface area contributed by atoms with Gasteiger partial charge in [-0.2, -0.15) is 0 Å². The summed E-state index contributed by atoms with van der Waals surface area (Å²) in [5.74, 6) is 4.95. The lowest BCUT2D eigenvalue weighted by molar-refractivity contribution is -0.0799. The van der Waals surface area contributed by atoms with Gasteiger partial charge in [-0.25, -0.2) is 0 Å². The molecule has 1 saturated carbocycles. The monoisotopic (exact) mass is 387 g/mol. The maximum absolute atomic E-state index is 2.85. The molecule has 0 amide bonds. The highest BCUT2D eigenvalue weighted by atomic mass is 15.3. The SMILES string of the molecule is C/C=C\C1=C(C)[C@H](C)N1C1(C)C(C(C)C)C(C(C)C)C(C(C)C)C1(C)C(C)C. The van der Waals surface area contributed by atoms with Crippen molar-refractivity contribution in [3.63, 3.8) is 0 Å². The fraction of sp³-hybridized carbons (Fsp3) is 0.852. The quantitative estimate of drug-likeness (QED) is 0.449. The maximum Gasteiger partial charge on any atom is 0.0500 e. The zero-order valence-electron chi connectivity index (χ0n) is 21.2. The molecule has 1 nitrogen and oxygen atoms in total. The second-order valence-electron chi connectivity index (χ2n) is 11.6. The van der Waals surface area contributed by atoms with Gasteiger partial charge in [-0.05, 0) is 86.2 Å². The van der Waals surface area contributed by atoms with E-state index >= 15 is 0 Å². The van der Waals surface area contributed by atoms with E-state index in [0.29, 0.717) is 35.6 Å². The van der Waals surface area contributed by atoms with E-state index in [2.05, 4.69) is 107 Å². The van der Waals surface area contributed by atoms with Gasteiger partial charge in [0.15, 0.2) is 0 Å². The predicted molar refractivity (Wildman–Crippen MR) is 125 cm³/mol. The summed E-state index contributed by atoms with van der Waals surface area (Å²) >= 11 is 0. The first-order chi connectivity index (χ1) is 12.8. The topological polar surface area (TPSA) is 3.24 Å². The van der Waals surface area contributed by atoms with Crippen LogP contribution in [-0.4, -0.2) is 16.5 Å². The van der Waals surface area contributed by atoms with Crippen LogP contribution in [0.25, 0.3) is 0 Å². The van der Waals surface area contributed by atoms with E-state index in [1.54, 1.807) is 5.57 Å². The molecule has 1 aliphatic heterocycles. The van der Waals surface area contributed by atoms with Crippen LogP contribution in [0.4, 0.5) is 0 Å². The molecule has 0 spiro atoms. The Balaban J connectivity index is 2.83. The zero-order chi connectivity index (χ0) is 21.8. The second kappa shape index (κ2) is 7.84. The third-order valence-corrected chi connectivity index (χ3v) is 9.17. The van der Waals surface area contributed by atoms with Gasteiger partial charge in [0.25, 0.3) is 0 Å². The van der Waals surface area contributed by atoms with Gasteiger partial charge in [-0.3, -0.25) is 0 Å². The van der Waals surface area contributed by atoms with E-state index < -0.39 is 0 Å². The smallest absolute Gasteiger partial charge is 0.0500 e. The molecular formula is C27H49N. The summed E-state index contributed by atoms with van der Waals surface area (Å²) in [5, 5.41) is 0. The Kier molecular flexibility index (Phi) is 6.60. The lowest BCUT2D eigenvalue weighted by Gasteiger charge is -2.63. The van der Waals surface area contributed by atoms with E-state index in [9.17, 15) is 0 Å². The number of nitrogens with zero attached hydrogens (tertiary/aromatic N) is 1. The summed E-state index contributed by atoms with van der Waals surface area (Å²) in [7, 11) is 0. The average molecular weight is 388 g/mol. The van der Waals surface area contributed by atoms with Crippen molar-refractivity contribution in [2.75, 3.05) is 0 Å². The van der Waals surface area contributed by atoms with Crippen LogP contribution in [0.2, 0.25) is 0 Å². The second-order valence-corrected chi connectivity index (χ2v) is 11.6. The van der Waals surface area contributed by atoms with Gasteiger partial charge in [0.05, 0.1) is 0 Å². The number of rotatable bonds is 6.